The number of halogens is 1. The maximum atomic E-state index is 11.9. The number of nitrogen functional groups attached to an aromatic ring is 1. The predicted octanol–water partition coefficient (Wildman–Crippen LogP) is 1.08. The van der Waals surface area contributed by atoms with Crippen molar-refractivity contribution >= 4 is 31.6 Å². The van der Waals surface area contributed by atoms with Gasteiger partial charge in [0.2, 0.25) is 10.0 Å². The Morgan fingerprint density at radius 3 is 2.59 bits per heavy atom. The Morgan fingerprint density at radius 2 is 2.06 bits per heavy atom. The number of sulfonamides is 1. The van der Waals surface area contributed by atoms with Gasteiger partial charge in [-0.15, -0.1) is 0 Å². The SMILES string of the molecule is CC(C)(O)CNS(=O)(=O)c1cc(Br)ccc1N. The van der Waals surface area contributed by atoms with Crippen LogP contribution in [0.4, 0.5) is 5.69 Å². The van der Waals surface area contributed by atoms with Crippen LogP contribution in [0.3, 0.4) is 0 Å². The van der Waals surface area contributed by atoms with Gasteiger partial charge in [-0.3, -0.25) is 0 Å². The number of aliphatic hydroxyl groups is 1. The van der Waals surface area contributed by atoms with Crippen LogP contribution in [0.5, 0.6) is 0 Å². The van der Waals surface area contributed by atoms with Gasteiger partial charge in [-0.25, -0.2) is 13.1 Å². The van der Waals surface area contributed by atoms with Crippen molar-refractivity contribution in [2.75, 3.05) is 12.3 Å². The Morgan fingerprint density at radius 1 is 1.47 bits per heavy atom. The first kappa shape index (κ1) is 14.4. The summed E-state index contributed by atoms with van der Waals surface area (Å²) in [5.41, 5.74) is 4.66. The Balaban J connectivity index is 3.02. The molecule has 4 N–H and O–H groups in total. The van der Waals surface area contributed by atoms with Crippen LogP contribution in [0, 0.1) is 0 Å². The first-order valence-corrected chi connectivity index (χ1v) is 7.16. The Kier molecular flexibility index (Phi) is 4.19. The summed E-state index contributed by atoms with van der Waals surface area (Å²) in [6, 6.07) is 4.58. The lowest BCUT2D eigenvalue weighted by atomic mass is 10.1. The highest BCUT2D eigenvalue weighted by molar-refractivity contribution is 9.10. The van der Waals surface area contributed by atoms with E-state index in [1.54, 1.807) is 6.07 Å². The minimum atomic E-state index is -3.71. The van der Waals surface area contributed by atoms with Crippen molar-refractivity contribution in [1.82, 2.24) is 4.72 Å². The topological polar surface area (TPSA) is 92.4 Å². The van der Waals surface area contributed by atoms with Gasteiger partial charge >= 0.3 is 0 Å². The first-order chi connectivity index (χ1) is 7.62. The fraction of sp³-hybridized carbons (Fsp3) is 0.400. The fourth-order valence-electron chi connectivity index (χ4n) is 1.09. The molecule has 96 valence electrons. The molecule has 1 rings (SSSR count). The second-order valence-electron chi connectivity index (χ2n) is 4.32. The number of nitrogens with two attached hydrogens (primary N) is 1. The van der Waals surface area contributed by atoms with Gasteiger partial charge < -0.3 is 10.8 Å². The number of hydrogen-bond acceptors (Lipinski definition) is 4. The van der Waals surface area contributed by atoms with Crippen molar-refractivity contribution in [1.29, 1.82) is 0 Å². The minimum Gasteiger partial charge on any atom is -0.398 e. The smallest absolute Gasteiger partial charge is 0.242 e. The third kappa shape index (κ3) is 4.27. The predicted molar refractivity (Wildman–Crippen MR) is 70.0 cm³/mol. The van der Waals surface area contributed by atoms with Crippen LogP contribution in [-0.4, -0.2) is 25.7 Å². The van der Waals surface area contributed by atoms with E-state index in [4.69, 9.17) is 5.73 Å². The lowest BCUT2D eigenvalue weighted by molar-refractivity contribution is 0.0857. The van der Waals surface area contributed by atoms with E-state index >= 15 is 0 Å². The summed E-state index contributed by atoms with van der Waals surface area (Å²) in [5, 5.41) is 9.48. The van der Waals surface area contributed by atoms with E-state index in [-0.39, 0.29) is 17.1 Å². The maximum absolute atomic E-state index is 11.9. The van der Waals surface area contributed by atoms with Gasteiger partial charge in [0.25, 0.3) is 0 Å². The molecule has 0 aromatic heterocycles. The molecular weight excluding hydrogens is 308 g/mol. The van der Waals surface area contributed by atoms with Crippen LogP contribution in [0.1, 0.15) is 13.8 Å². The van der Waals surface area contributed by atoms with Gasteiger partial charge in [-0.1, -0.05) is 15.9 Å². The van der Waals surface area contributed by atoms with Crippen LogP contribution in [0.2, 0.25) is 0 Å². The zero-order valence-corrected chi connectivity index (χ0v) is 12.0. The molecule has 7 heteroatoms. The van der Waals surface area contributed by atoms with Crippen molar-refractivity contribution in [2.24, 2.45) is 0 Å². The summed E-state index contributed by atoms with van der Waals surface area (Å²) in [6.07, 6.45) is 0. The number of benzene rings is 1. The van der Waals surface area contributed by atoms with E-state index in [2.05, 4.69) is 20.7 Å². The molecule has 0 bridgehead atoms. The molecule has 0 unspecified atom stereocenters. The van der Waals surface area contributed by atoms with Crippen LogP contribution < -0.4 is 10.5 Å². The lowest BCUT2D eigenvalue weighted by Gasteiger charge is -2.18. The molecule has 0 radical (unpaired) electrons. The van der Waals surface area contributed by atoms with Gasteiger partial charge in [0, 0.05) is 11.0 Å². The highest BCUT2D eigenvalue weighted by Gasteiger charge is 2.21. The first-order valence-electron chi connectivity index (χ1n) is 4.89. The van der Waals surface area contributed by atoms with Gasteiger partial charge in [-0.05, 0) is 32.0 Å². The van der Waals surface area contributed by atoms with Crippen molar-refractivity contribution in [3.63, 3.8) is 0 Å². The monoisotopic (exact) mass is 322 g/mol. The quantitative estimate of drug-likeness (QED) is 0.723. The number of anilines is 1. The van der Waals surface area contributed by atoms with Crippen LogP contribution in [-0.2, 0) is 10.0 Å². The van der Waals surface area contributed by atoms with E-state index < -0.39 is 15.6 Å². The molecule has 0 spiro atoms. The van der Waals surface area contributed by atoms with Gasteiger partial charge in [0.15, 0.2) is 0 Å². The molecule has 0 aliphatic carbocycles. The highest BCUT2D eigenvalue weighted by atomic mass is 79.9. The third-order valence-electron chi connectivity index (χ3n) is 1.96. The summed E-state index contributed by atoms with van der Waals surface area (Å²) in [5.74, 6) is 0. The Hall–Kier alpha value is -0.630. The molecule has 0 atom stereocenters. The van der Waals surface area contributed by atoms with Gasteiger partial charge in [-0.2, -0.15) is 0 Å². The number of rotatable bonds is 4. The molecular formula is C10H15BrN2O3S. The largest absolute Gasteiger partial charge is 0.398 e. The molecule has 0 aliphatic rings. The molecule has 5 nitrogen and oxygen atoms in total. The van der Waals surface area contributed by atoms with Crippen LogP contribution in [0.15, 0.2) is 27.6 Å². The average Bonchev–Trinajstić information content (AvgIpc) is 2.18. The second-order valence-corrected chi connectivity index (χ2v) is 6.97. The molecule has 0 heterocycles. The summed E-state index contributed by atoms with van der Waals surface area (Å²) in [7, 11) is -3.71. The molecule has 1 aromatic carbocycles. The Bertz CT molecular complexity index is 509. The molecule has 0 saturated carbocycles. The lowest BCUT2D eigenvalue weighted by Crippen LogP contribution is -2.38. The number of hydrogen-bond donors (Lipinski definition) is 3. The van der Waals surface area contributed by atoms with E-state index in [1.165, 1.54) is 26.0 Å². The van der Waals surface area contributed by atoms with Crippen LogP contribution in [0.25, 0.3) is 0 Å². The van der Waals surface area contributed by atoms with E-state index in [1.807, 2.05) is 0 Å². The molecule has 1 aromatic rings. The zero-order chi connectivity index (χ0) is 13.3. The van der Waals surface area contributed by atoms with Crippen molar-refractivity contribution in [3.8, 4) is 0 Å². The summed E-state index contributed by atoms with van der Waals surface area (Å²) in [6.45, 7) is 2.95. The summed E-state index contributed by atoms with van der Waals surface area (Å²) >= 11 is 3.18. The number of nitrogens with one attached hydrogen (secondary N) is 1. The average molecular weight is 323 g/mol. The standard InChI is InChI=1S/C10H15BrN2O3S/c1-10(2,14)6-13-17(15,16)9-5-7(11)3-4-8(9)12/h3-5,13-14H,6,12H2,1-2H3. The van der Waals surface area contributed by atoms with Gasteiger partial charge in [0.05, 0.1) is 11.3 Å². The van der Waals surface area contributed by atoms with E-state index in [0.29, 0.717) is 4.47 Å². The second kappa shape index (κ2) is 4.93. The summed E-state index contributed by atoms with van der Waals surface area (Å²) < 4.78 is 26.8. The van der Waals surface area contributed by atoms with Crippen LogP contribution >= 0.6 is 15.9 Å². The van der Waals surface area contributed by atoms with Crippen molar-refractivity contribution in [2.45, 2.75) is 24.3 Å². The molecule has 0 fully saturated rings. The van der Waals surface area contributed by atoms with E-state index in [9.17, 15) is 13.5 Å². The van der Waals surface area contributed by atoms with E-state index in [0.717, 1.165) is 0 Å². The molecule has 0 amide bonds. The molecule has 0 aliphatic heterocycles. The Labute approximate surface area is 109 Å². The molecule has 0 saturated heterocycles. The summed E-state index contributed by atoms with van der Waals surface area (Å²) in [4.78, 5) is -0.00359. The van der Waals surface area contributed by atoms with Crippen molar-refractivity contribution in [3.05, 3.63) is 22.7 Å². The third-order valence-corrected chi connectivity index (χ3v) is 3.91. The van der Waals surface area contributed by atoms with Crippen molar-refractivity contribution < 1.29 is 13.5 Å². The maximum Gasteiger partial charge on any atom is 0.242 e. The minimum absolute atomic E-state index is 0.00359. The van der Waals surface area contributed by atoms with Gasteiger partial charge in [0.1, 0.15) is 4.90 Å². The normalized spacial score (nSPS) is 12.7. The fourth-order valence-corrected chi connectivity index (χ4v) is 2.96. The zero-order valence-electron chi connectivity index (χ0n) is 9.57. The highest BCUT2D eigenvalue weighted by Crippen LogP contribution is 2.22. The molecule has 17 heavy (non-hydrogen) atoms.